The third kappa shape index (κ3) is 6.01. The Kier molecular flexibility index (Phi) is 7.87. The number of likely N-dealkylation sites (N-methyl/N-ethyl adjacent to an activating group) is 1. The Hall–Kier alpha value is -3.02. The fourth-order valence-electron chi connectivity index (χ4n) is 2.73. The number of benzene rings is 2. The number of amides is 2. The first kappa shape index (κ1) is 21.3. The standard InChI is InChI=1S/C22H28N2O4/c1-5-23-22(26)17(3)24(14-18-7-6-8-20(13-18)27-4)21(25)15-28-19-11-9-16(2)10-12-19/h6-13,17H,5,14-15H2,1-4H3,(H,23,26). The van der Waals surface area contributed by atoms with E-state index in [1.165, 1.54) is 4.90 Å². The molecule has 0 spiro atoms. The van der Waals surface area contributed by atoms with Gasteiger partial charge in [-0.2, -0.15) is 0 Å². The zero-order valence-electron chi connectivity index (χ0n) is 16.9. The van der Waals surface area contributed by atoms with Crippen LogP contribution in [0.25, 0.3) is 0 Å². The Morgan fingerprint density at radius 1 is 1.11 bits per heavy atom. The highest BCUT2D eigenvalue weighted by Gasteiger charge is 2.26. The zero-order chi connectivity index (χ0) is 20.5. The third-order valence-corrected chi connectivity index (χ3v) is 4.39. The van der Waals surface area contributed by atoms with Gasteiger partial charge in [0.1, 0.15) is 17.5 Å². The van der Waals surface area contributed by atoms with Gasteiger partial charge in [0, 0.05) is 13.1 Å². The maximum atomic E-state index is 12.9. The number of methoxy groups -OCH3 is 1. The number of rotatable bonds is 9. The van der Waals surface area contributed by atoms with Gasteiger partial charge in [-0.15, -0.1) is 0 Å². The van der Waals surface area contributed by atoms with Gasteiger partial charge in [-0.25, -0.2) is 0 Å². The summed E-state index contributed by atoms with van der Waals surface area (Å²) in [6.07, 6.45) is 0. The first-order valence-corrected chi connectivity index (χ1v) is 9.34. The van der Waals surface area contributed by atoms with Crippen molar-refractivity contribution in [2.45, 2.75) is 33.4 Å². The van der Waals surface area contributed by atoms with Crippen LogP contribution in [0.15, 0.2) is 48.5 Å². The van der Waals surface area contributed by atoms with Gasteiger partial charge in [-0.05, 0) is 50.6 Å². The van der Waals surface area contributed by atoms with Crippen molar-refractivity contribution in [1.82, 2.24) is 10.2 Å². The molecule has 0 aliphatic carbocycles. The lowest BCUT2D eigenvalue weighted by Crippen LogP contribution is -2.49. The van der Waals surface area contributed by atoms with E-state index in [1.807, 2.05) is 62.4 Å². The van der Waals surface area contributed by atoms with Gasteiger partial charge in [0.25, 0.3) is 5.91 Å². The van der Waals surface area contributed by atoms with Crippen molar-refractivity contribution in [2.75, 3.05) is 20.3 Å². The smallest absolute Gasteiger partial charge is 0.261 e. The molecule has 28 heavy (non-hydrogen) atoms. The van der Waals surface area contributed by atoms with Crippen LogP contribution < -0.4 is 14.8 Å². The summed E-state index contributed by atoms with van der Waals surface area (Å²) >= 11 is 0. The molecule has 6 nitrogen and oxygen atoms in total. The van der Waals surface area contributed by atoms with Crippen molar-refractivity contribution < 1.29 is 19.1 Å². The number of ether oxygens (including phenoxy) is 2. The molecular weight excluding hydrogens is 356 g/mol. The Morgan fingerprint density at radius 2 is 1.82 bits per heavy atom. The summed E-state index contributed by atoms with van der Waals surface area (Å²) in [6, 6.07) is 14.3. The first-order valence-electron chi connectivity index (χ1n) is 9.34. The van der Waals surface area contributed by atoms with E-state index in [0.717, 1.165) is 11.1 Å². The highest BCUT2D eigenvalue weighted by Crippen LogP contribution is 2.17. The summed E-state index contributed by atoms with van der Waals surface area (Å²) in [6.45, 7) is 6.19. The number of nitrogens with zero attached hydrogens (tertiary/aromatic N) is 1. The molecule has 150 valence electrons. The van der Waals surface area contributed by atoms with Gasteiger partial charge in [0.05, 0.1) is 7.11 Å². The minimum Gasteiger partial charge on any atom is -0.497 e. The van der Waals surface area contributed by atoms with Crippen LogP contribution in [0.5, 0.6) is 11.5 Å². The molecular formula is C22H28N2O4. The Morgan fingerprint density at radius 3 is 2.46 bits per heavy atom. The van der Waals surface area contributed by atoms with Crippen molar-refractivity contribution in [3.8, 4) is 11.5 Å². The largest absolute Gasteiger partial charge is 0.497 e. The first-order chi connectivity index (χ1) is 13.4. The second kappa shape index (κ2) is 10.3. The zero-order valence-corrected chi connectivity index (χ0v) is 16.9. The van der Waals surface area contributed by atoms with E-state index in [9.17, 15) is 9.59 Å². The van der Waals surface area contributed by atoms with Gasteiger partial charge in [-0.1, -0.05) is 29.8 Å². The lowest BCUT2D eigenvalue weighted by molar-refractivity contribution is -0.142. The number of carbonyl (C=O) groups is 2. The quantitative estimate of drug-likeness (QED) is 0.722. The molecule has 0 heterocycles. The number of nitrogens with one attached hydrogen (secondary N) is 1. The van der Waals surface area contributed by atoms with Crippen LogP contribution in [0.3, 0.4) is 0 Å². The molecule has 1 N–H and O–H groups in total. The van der Waals surface area contributed by atoms with E-state index in [-0.39, 0.29) is 25.0 Å². The molecule has 1 unspecified atom stereocenters. The number of aryl methyl sites for hydroxylation is 1. The molecule has 0 aromatic heterocycles. The van der Waals surface area contributed by atoms with Gasteiger partial charge in [0.15, 0.2) is 6.61 Å². The summed E-state index contributed by atoms with van der Waals surface area (Å²) < 4.78 is 10.9. The summed E-state index contributed by atoms with van der Waals surface area (Å²) in [4.78, 5) is 26.7. The van der Waals surface area contributed by atoms with E-state index in [1.54, 1.807) is 14.0 Å². The molecule has 2 aromatic carbocycles. The maximum Gasteiger partial charge on any atom is 0.261 e. The van der Waals surface area contributed by atoms with Crippen LogP contribution in [0.1, 0.15) is 25.0 Å². The third-order valence-electron chi connectivity index (χ3n) is 4.39. The minimum absolute atomic E-state index is 0.142. The van der Waals surface area contributed by atoms with Gasteiger partial charge < -0.3 is 19.7 Å². The van der Waals surface area contributed by atoms with Crippen molar-refractivity contribution in [1.29, 1.82) is 0 Å². The van der Waals surface area contributed by atoms with Crippen molar-refractivity contribution >= 4 is 11.8 Å². The molecule has 0 radical (unpaired) electrons. The predicted octanol–water partition coefficient (Wildman–Crippen LogP) is 2.94. The summed E-state index contributed by atoms with van der Waals surface area (Å²) in [5.74, 6) is 0.855. The van der Waals surface area contributed by atoms with Crippen molar-refractivity contribution in [3.63, 3.8) is 0 Å². The predicted molar refractivity (Wildman–Crippen MR) is 108 cm³/mol. The van der Waals surface area contributed by atoms with Crippen LogP contribution in [-0.2, 0) is 16.1 Å². The normalized spacial score (nSPS) is 11.4. The molecule has 0 saturated carbocycles. The van der Waals surface area contributed by atoms with E-state index < -0.39 is 6.04 Å². The minimum atomic E-state index is -0.625. The second-order valence-electron chi connectivity index (χ2n) is 6.55. The number of carbonyl (C=O) groups excluding carboxylic acids is 2. The highest BCUT2D eigenvalue weighted by atomic mass is 16.5. The molecule has 0 fully saturated rings. The summed E-state index contributed by atoms with van der Waals surface area (Å²) in [7, 11) is 1.59. The molecule has 0 aliphatic heterocycles. The molecule has 2 rings (SSSR count). The fraction of sp³-hybridized carbons (Fsp3) is 0.364. The maximum absolute atomic E-state index is 12.9. The number of hydrogen-bond acceptors (Lipinski definition) is 4. The lowest BCUT2D eigenvalue weighted by atomic mass is 10.1. The monoisotopic (exact) mass is 384 g/mol. The summed E-state index contributed by atoms with van der Waals surface area (Å²) in [5, 5.41) is 2.77. The van der Waals surface area contributed by atoms with E-state index >= 15 is 0 Å². The average molecular weight is 384 g/mol. The van der Waals surface area contributed by atoms with E-state index in [4.69, 9.17) is 9.47 Å². The average Bonchev–Trinajstić information content (AvgIpc) is 2.71. The van der Waals surface area contributed by atoms with Gasteiger partial charge >= 0.3 is 0 Å². The van der Waals surface area contributed by atoms with Crippen LogP contribution in [0.4, 0.5) is 0 Å². The molecule has 0 aliphatic rings. The Labute approximate surface area is 166 Å². The lowest BCUT2D eigenvalue weighted by Gasteiger charge is -2.28. The van der Waals surface area contributed by atoms with Crippen molar-refractivity contribution in [2.24, 2.45) is 0 Å². The Bertz CT molecular complexity index is 789. The van der Waals surface area contributed by atoms with Gasteiger partial charge in [0.2, 0.25) is 5.91 Å². The highest BCUT2D eigenvalue weighted by molar-refractivity contribution is 5.87. The molecule has 2 aromatic rings. The molecule has 1 atom stereocenters. The topological polar surface area (TPSA) is 67.9 Å². The fourth-order valence-corrected chi connectivity index (χ4v) is 2.73. The molecule has 0 saturated heterocycles. The molecule has 6 heteroatoms. The van der Waals surface area contributed by atoms with Crippen LogP contribution >= 0.6 is 0 Å². The summed E-state index contributed by atoms with van der Waals surface area (Å²) in [5.41, 5.74) is 1.99. The second-order valence-corrected chi connectivity index (χ2v) is 6.55. The van der Waals surface area contributed by atoms with Crippen LogP contribution in [0.2, 0.25) is 0 Å². The van der Waals surface area contributed by atoms with Crippen LogP contribution in [-0.4, -0.2) is 43.0 Å². The molecule has 0 bridgehead atoms. The van der Waals surface area contributed by atoms with E-state index in [0.29, 0.717) is 18.0 Å². The Balaban J connectivity index is 2.14. The van der Waals surface area contributed by atoms with Gasteiger partial charge in [-0.3, -0.25) is 9.59 Å². The SMILES string of the molecule is CCNC(=O)C(C)N(Cc1cccc(OC)c1)C(=O)COc1ccc(C)cc1. The number of hydrogen-bond donors (Lipinski definition) is 1. The molecule has 2 amide bonds. The van der Waals surface area contributed by atoms with E-state index in [2.05, 4.69) is 5.32 Å². The van der Waals surface area contributed by atoms with Crippen LogP contribution in [0, 0.1) is 6.92 Å². The van der Waals surface area contributed by atoms with Crippen molar-refractivity contribution in [3.05, 3.63) is 59.7 Å².